The highest BCUT2D eigenvalue weighted by Crippen LogP contribution is 2.31. The van der Waals surface area contributed by atoms with Crippen molar-refractivity contribution in [3.8, 4) is 11.5 Å². The average molecular weight is 275 g/mol. The maximum absolute atomic E-state index is 13.4. The molecule has 0 aromatic heterocycles. The van der Waals surface area contributed by atoms with E-state index in [0.717, 1.165) is 28.8 Å². The van der Waals surface area contributed by atoms with Gasteiger partial charge in [0.25, 0.3) is 5.69 Å². The van der Waals surface area contributed by atoms with Crippen LogP contribution in [0.15, 0.2) is 30.3 Å². The predicted octanol–water partition coefficient (Wildman–Crippen LogP) is 4.45. The van der Waals surface area contributed by atoms with Crippen LogP contribution in [0.25, 0.3) is 0 Å². The van der Waals surface area contributed by atoms with Gasteiger partial charge in [0.15, 0.2) is 0 Å². The molecular formula is C15H14FNO3. The van der Waals surface area contributed by atoms with E-state index in [1.54, 1.807) is 0 Å². The van der Waals surface area contributed by atoms with Crippen molar-refractivity contribution in [2.45, 2.75) is 20.8 Å². The van der Waals surface area contributed by atoms with E-state index in [2.05, 4.69) is 0 Å². The number of nitro benzene ring substituents is 1. The third kappa shape index (κ3) is 2.93. The van der Waals surface area contributed by atoms with Gasteiger partial charge in [0.1, 0.15) is 17.3 Å². The smallest absolute Gasteiger partial charge is 0.276 e. The predicted molar refractivity (Wildman–Crippen MR) is 73.8 cm³/mol. The first-order chi connectivity index (χ1) is 9.36. The molecule has 0 bridgehead atoms. The second-order valence-electron chi connectivity index (χ2n) is 4.71. The largest absolute Gasteiger partial charge is 0.457 e. The molecule has 2 rings (SSSR count). The van der Waals surface area contributed by atoms with E-state index in [-0.39, 0.29) is 11.4 Å². The summed E-state index contributed by atoms with van der Waals surface area (Å²) in [5.74, 6) is -0.0107. The topological polar surface area (TPSA) is 52.4 Å². The minimum atomic E-state index is -0.698. The van der Waals surface area contributed by atoms with E-state index in [1.807, 2.05) is 32.9 Å². The molecule has 0 heterocycles. The molecule has 0 saturated heterocycles. The Morgan fingerprint density at radius 1 is 1.10 bits per heavy atom. The van der Waals surface area contributed by atoms with Crippen LogP contribution < -0.4 is 4.74 Å². The summed E-state index contributed by atoms with van der Waals surface area (Å²) in [7, 11) is 0. The first-order valence-electron chi connectivity index (χ1n) is 6.07. The first kappa shape index (κ1) is 14.0. The van der Waals surface area contributed by atoms with Crippen molar-refractivity contribution in [2.24, 2.45) is 0 Å². The van der Waals surface area contributed by atoms with Gasteiger partial charge in [-0.1, -0.05) is 6.07 Å². The average Bonchev–Trinajstić information content (AvgIpc) is 2.34. The molecule has 0 aliphatic carbocycles. The highest BCUT2D eigenvalue weighted by Gasteiger charge is 2.12. The van der Waals surface area contributed by atoms with Crippen LogP contribution in [0.5, 0.6) is 11.5 Å². The fraction of sp³-hybridized carbons (Fsp3) is 0.200. The van der Waals surface area contributed by atoms with Crippen molar-refractivity contribution in [2.75, 3.05) is 0 Å². The number of hydrogen-bond donors (Lipinski definition) is 0. The number of nitro groups is 1. The van der Waals surface area contributed by atoms with Gasteiger partial charge in [-0.05, 0) is 43.5 Å². The molecule has 0 N–H and O–H groups in total. The molecule has 4 nitrogen and oxygen atoms in total. The minimum Gasteiger partial charge on any atom is -0.457 e. The number of aryl methyl sites for hydroxylation is 2. The van der Waals surface area contributed by atoms with Crippen LogP contribution in [0.1, 0.15) is 16.7 Å². The normalized spacial score (nSPS) is 10.4. The lowest BCUT2D eigenvalue weighted by molar-refractivity contribution is -0.385. The van der Waals surface area contributed by atoms with E-state index >= 15 is 0 Å². The monoisotopic (exact) mass is 275 g/mol. The standard InChI is InChI=1S/C15H14FNO3/c1-9-4-10(2)11(3)15(5-9)20-14-7-12(16)6-13(8-14)17(18)19/h4-8H,1-3H3. The second kappa shape index (κ2) is 5.28. The van der Waals surface area contributed by atoms with Crippen molar-refractivity contribution in [3.63, 3.8) is 0 Å². The van der Waals surface area contributed by atoms with E-state index < -0.39 is 10.7 Å². The number of non-ortho nitro benzene ring substituents is 1. The number of hydrogen-bond acceptors (Lipinski definition) is 3. The minimum absolute atomic E-state index is 0.116. The molecular weight excluding hydrogens is 261 g/mol. The lowest BCUT2D eigenvalue weighted by Crippen LogP contribution is -1.94. The van der Waals surface area contributed by atoms with E-state index in [4.69, 9.17) is 4.74 Å². The lowest BCUT2D eigenvalue weighted by atomic mass is 10.1. The van der Waals surface area contributed by atoms with Gasteiger partial charge in [0, 0.05) is 6.07 Å². The van der Waals surface area contributed by atoms with Crippen molar-refractivity contribution in [1.29, 1.82) is 0 Å². The molecule has 5 heteroatoms. The Bertz CT molecular complexity index is 683. The highest BCUT2D eigenvalue weighted by atomic mass is 19.1. The summed E-state index contributed by atoms with van der Waals surface area (Å²) in [4.78, 5) is 10.1. The van der Waals surface area contributed by atoms with E-state index in [0.29, 0.717) is 5.75 Å². The zero-order valence-corrected chi connectivity index (χ0v) is 11.4. The Kier molecular flexibility index (Phi) is 3.70. The van der Waals surface area contributed by atoms with Gasteiger partial charge in [-0.25, -0.2) is 4.39 Å². The molecule has 0 amide bonds. The summed E-state index contributed by atoms with van der Waals surface area (Å²) >= 11 is 0. The maximum Gasteiger partial charge on any atom is 0.276 e. The van der Waals surface area contributed by atoms with Crippen molar-refractivity contribution in [1.82, 2.24) is 0 Å². The van der Waals surface area contributed by atoms with E-state index in [1.165, 1.54) is 6.07 Å². The quantitative estimate of drug-likeness (QED) is 0.614. The molecule has 20 heavy (non-hydrogen) atoms. The van der Waals surface area contributed by atoms with Crippen LogP contribution in [0.3, 0.4) is 0 Å². The summed E-state index contributed by atoms with van der Waals surface area (Å²) in [6.45, 7) is 5.76. The zero-order valence-electron chi connectivity index (χ0n) is 11.4. The second-order valence-corrected chi connectivity index (χ2v) is 4.71. The molecule has 0 atom stereocenters. The number of rotatable bonds is 3. The SMILES string of the molecule is Cc1cc(C)c(C)c(Oc2cc(F)cc([N+](=O)[O-])c2)c1. The van der Waals surface area contributed by atoms with Crippen LogP contribution >= 0.6 is 0 Å². The van der Waals surface area contributed by atoms with Gasteiger partial charge < -0.3 is 4.74 Å². The summed E-state index contributed by atoms with van der Waals surface area (Å²) in [5.41, 5.74) is 2.64. The molecule has 0 fully saturated rings. The number of halogens is 1. The zero-order chi connectivity index (χ0) is 14.9. The Morgan fingerprint density at radius 2 is 1.80 bits per heavy atom. The van der Waals surface area contributed by atoms with E-state index in [9.17, 15) is 14.5 Å². The molecule has 0 aliphatic rings. The van der Waals surface area contributed by atoms with Gasteiger partial charge in [0.2, 0.25) is 0 Å². The first-order valence-corrected chi connectivity index (χ1v) is 6.07. The third-order valence-corrected chi connectivity index (χ3v) is 3.06. The van der Waals surface area contributed by atoms with Crippen molar-refractivity contribution >= 4 is 5.69 Å². The lowest BCUT2D eigenvalue weighted by Gasteiger charge is -2.12. The molecule has 2 aromatic carbocycles. The van der Waals surface area contributed by atoms with Gasteiger partial charge in [-0.3, -0.25) is 10.1 Å². The van der Waals surface area contributed by atoms with Crippen LogP contribution in [0, 0.1) is 36.7 Å². The Morgan fingerprint density at radius 3 is 2.45 bits per heavy atom. The van der Waals surface area contributed by atoms with Crippen LogP contribution in [-0.2, 0) is 0 Å². The molecule has 0 radical (unpaired) electrons. The van der Waals surface area contributed by atoms with Gasteiger partial charge in [-0.2, -0.15) is 0 Å². The maximum atomic E-state index is 13.4. The molecule has 0 unspecified atom stereocenters. The molecule has 104 valence electrons. The van der Waals surface area contributed by atoms with Gasteiger partial charge >= 0.3 is 0 Å². The van der Waals surface area contributed by atoms with Crippen molar-refractivity contribution < 1.29 is 14.1 Å². The Balaban J connectivity index is 2.42. The van der Waals surface area contributed by atoms with Crippen LogP contribution in [0.2, 0.25) is 0 Å². The molecule has 0 saturated carbocycles. The summed E-state index contributed by atoms with van der Waals surface area (Å²) in [6.07, 6.45) is 0. The van der Waals surface area contributed by atoms with Crippen LogP contribution in [-0.4, -0.2) is 4.92 Å². The number of nitrogens with zero attached hydrogens (tertiary/aromatic N) is 1. The van der Waals surface area contributed by atoms with Gasteiger partial charge in [-0.15, -0.1) is 0 Å². The fourth-order valence-corrected chi connectivity index (χ4v) is 1.95. The van der Waals surface area contributed by atoms with Crippen molar-refractivity contribution in [3.05, 3.63) is 63.0 Å². The number of ether oxygens (including phenoxy) is 1. The molecule has 0 spiro atoms. The molecule has 2 aromatic rings. The summed E-state index contributed by atoms with van der Waals surface area (Å²) in [6, 6.07) is 7.03. The Labute approximate surface area is 116 Å². The Hall–Kier alpha value is -2.43. The van der Waals surface area contributed by atoms with Gasteiger partial charge in [0.05, 0.1) is 17.1 Å². The summed E-state index contributed by atoms with van der Waals surface area (Å²) < 4.78 is 19.0. The highest BCUT2D eigenvalue weighted by molar-refractivity contribution is 5.46. The molecule has 0 aliphatic heterocycles. The van der Waals surface area contributed by atoms with Crippen LogP contribution in [0.4, 0.5) is 10.1 Å². The number of benzene rings is 2. The third-order valence-electron chi connectivity index (χ3n) is 3.06. The summed E-state index contributed by atoms with van der Waals surface area (Å²) in [5, 5.41) is 10.7. The fourth-order valence-electron chi connectivity index (χ4n) is 1.95.